The van der Waals surface area contributed by atoms with Gasteiger partial charge in [-0.15, -0.1) is 0 Å². The van der Waals surface area contributed by atoms with Crippen LogP contribution < -0.4 is 0 Å². The number of hydrogen-bond donors (Lipinski definition) is 0. The average Bonchev–Trinajstić information content (AvgIpc) is 1.65. The molecule has 0 amide bonds. The van der Waals surface area contributed by atoms with E-state index in [1.165, 1.54) is 13.0 Å². The summed E-state index contributed by atoms with van der Waals surface area (Å²) in [7, 11) is 0. The van der Waals surface area contributed by atoms with Crippen LogP contribution >= 0.6 is 0 Å². The second-order valence-electron chi connectivity index (χ2n) is 1.55. The van der Waals surface area contributed by atoms with Gasteiger partial charge in [-0.2, -0.15) is 0 Å². The summed E-state index contributed by atoms with van der Waals surface area (Å²) in [4.78, 5) is 13.8. The molecule has 0 saturated carbocycles. The van der Waals surface area contributed by atoms with E-state index in [0.717, 1.165) is 0 Å². The van der Waals surface area contributed by atoms with Crippen LogP contribution in [0.15, 0.2) is 16.8 Å². The summed E-state index contributed by atoms with van der Waals surface area (Å²) in [5, 5.41) is 0. The molecule has 0 radical (unpaired) electrons. The van der Waals surface area contributed by atoms with Crippen LogP contribution in [0.2, 0.25) is 0 Å². The SMILES string of the molecule is C=N/C(C)=C\C(C)=O. The standard InChI is InChI=1S/C6H9NO/c1-5(7-3)4-6(2)8/h4H,3H2,1-2H3/b5-4-. The molecule has 8 heavy (non-hydrogen) atoms. The Bertz CT molecular complexity index is 135. The monoisotopic (exact) mass is 111 g/mol. The number of ketones is 1. The highest BCUT2D eigenvalue weighted by Gasteiger charge is 1.83. The molecular formula is C6H9NO. The zero-order valence-electron chi connectivity index (χ0n) is 5.14. The molecular weight excluding hydrogens is 102 g/mol. The van der Waals surface area contributed by atoms with Crippen LogP contribution in [0.3, 0.4) is 0 Å². The maximum Gasteiger partial charge on any atom is 0.154 e. The first-order valence-electron chi connectivity index (χ1n) is 2.32. The second kappa shape index (κ2) is 3.13. The van der Waals surface area contributed by atoms with Crippen molar-refractivity contribution in [3.63, 3.8) is 0 Å². The summed E-state index contributed by atoms with van der Waals surface area (Å²) in [5.41, 5.74) is 0.664. The van der Waals surface area contributed by atoms with E-state index in [1.54, 1.807) is 6.92 Å². The molecule has 0 rings (SSSR count). The Labute approximate surface area is 48.9 Å². The molecule has 0 fully saturated rings. The second-order valence-corrected chi connectivity index (χ2v) is 1.55. The van der Waals surface area contributed by atoms with Gasteiger partial charge in [-0.25, -0.2) is 0 Å². The van der Waals surface area contributed by atoms with E-state index < -0.39 is 0 Å². The molecule has 0 aliphatic carbocycles. The van der Waals surface area contributed by atoms with Crippen LogP contribution in [0, 0.1) is 0 Å². The molecule has 0 saturated heterocycles. The highest BCUT2D eigenvalue weighted by Crippen LogP contribution is 1.90. The van der Waals surface area contributed by atoms with Gasteiger partial charge in [0.05, 0.1) is 0 Å². The van der Waals surface area contributed by atoms with Gasteiger partial charge in [0.25, 0.3) is 0 Å². The Morgan fingerprint density at radius 1 is 1.62 bits per heavy atom. The molecule has 0 heterocycles. The van der Waals surface area contributed by atoms with Gasteiger partial charge < -0.3 is 0 Å². The summed E-state index contributed by atoms with van der Waals surface area (Å²) >= 11 is 0. The van der Waals surface area contributed by atoms with Crippen molar-refractivity contribution in [1.29, 1.82) is 0 Å². The minimum absolute atomic E-state index is 0.00917. The van der Waals surface area contributed by atoms with Crippen molar-refractivity contribution < 1.29 is 4.79 Å². The maximum absolute atomic E-state index is 10.2. The highest BCUT2D eigenvalue weighted by molar-refractivity contribution is 5.87. The molecule has 0 aromatic carbocycles. The third kappa shape index (κ3) is 3.28. The number of nitrogens with zero attached hydrogens (tertiary/aromatic N) is 1. The van der Waals surface area contributed by atoms with Crippen LogP contribution in [0.4, 0.5) is 0 Å². The van der Waals surface area contributed by atoms with Crippen molar-refractivity contribution >= 4 is 12.5 Å². The van der Waals surface area contributed by atoms with Crippen molar-refractivity contribution in [3.8, 4) is 0 Å². The van der Waals surface area contributed by atoms with Crippen molar-refractivity contribution in [2.24, 2.45) is 4.99 Å². The largest absolute Gasteiger partial charge is 0.295 e. The predicted molar refractivity (Wildman–Crippen MR) is 34.0 cm³/mol. The average molecular weight is 111 g/mol. The van der Waals surface area contributed by atoms with Gasteiger partial charge >= 0.3 is 0 Å². The van der Waals surface area contributed by atoms with Crippen LogP contribution in [0.5, 0.6) is 0 Å². The summed E-state index contributed by atoms with van der Waals surface area (Å²) in [5.74, 6) is 0.00917. The Kier molecular flexibility index (Phi) is 2.77. The Morgan fingerprint density at radius 3 is 2.25 bits per heavy atom. The molecule has 0 spiro atoms. The van der Waals surface area contributed by atoms with E-state index in [4.69, 9.17) is 0 Å². The van der Waals surface area contributed by atoms with E-state index in [-0.39, 0.29) is 5.78 Å². The summed E-state index contributed by atoms with van der Waals surface area (Å²) in [6, 6.07) is 0. The number of allylic oxidation sites excluding steroid dienone is 2. The molecule has 0 bridgehead atoms. The molecule has 0 aliphatic heterocycles. The molecule has 2 nitrogen and oxygen atoms in total. The lowest BCUT2D eigenvalue weighted by atomic mass is 10.3. The number of carbonyl (C=O) groups is 1. The van der Waals surface area contributed by atoms with Crippen LogP contribution in [-0.4, -0.2) is 12.5 Å². The van der Waals surface area contributed by atoms with Crippen molar-refractivity contribution in [1.82, 2.24) is 0 Å². The molecule has 44 valence electrons. The lowest BCUT2D eigenvalue weighted by Crippen LogP contribution is -1.81. The minimum atomic E-state index is 0.00917. The Hall–Kier alpha value is -0.920. The third-order valence-corrected chi connectivity index (χ3v) is 0.662. The van der Waals surface area contributed by atoms with Crippen molar-refractivity contribution in [2.75, 3.05) is 0 Å². The minimum Gasteiger partial charge on any atom is -0.295 e. The Morgan fingerprint density at radius 2 is 2.12 bits per heavy atom. The molecule has 0 aromatic heterocycles. The first-order chi connectivity index (χ1) is 3.66. The fourth-order valence-corrected chi connectivity index (χ4v) is 0.340. The summed E-state index contributed by atoms with van der Waals surface area (Å²) in [6.45, 7) is 6.45. The molecule has 0 atom stereocenters. The first-order valence-corrected chi connectivity index (χ1v) is 2.32. The van der Waals surface area contributed by atoms with Gasteiger partial charge in [0.15, 0.2) is 5.78 Å². The van der Waals surface area contributed by atoms with E-state index in [1.807, 2.05) is 0 Å². The highest BCUT2D eigenvalue weighted by atomic mass is 16.1. The van der Waals surface area contributed by atoms with Crippen LogP contribution in [0.1, 0.15) is 13.8 Å². The molecule has 0 N–H and O–H groups in total. The van der Waals surface area contributed by atoms with E-state index in [2.05, 4.69) is 11.7 Å². The van der Waals surface area contributed by atoms with Gasteiger partial charge in [0.2, 0.25) is 0 Å². The lowest BCUT2D eigenvalue weighted by Gasteiger charge is -1.83. The first kappa shape index (κ1) is 7.08. The van der Waals surface area contributed by atoms with E-state index >= 15 is 0 Å². The Balaban J connectivity index is 3.94. The summed E-state index contributed by atoms with van der Waals surface area (Å²) in [6.07, 6.45) is 1.44. The number of rotatable bonds is 2. The number of carbonyl (C=O) groups excluding carboxylic acids is 1. The van der Waals surface area contributed by atoms with Gasteiger partial charge in [-0.05, 0) is 20.6 Å². The van der Waals surface area contributed by atoms with E-state index in [9.17, 15) is 4.79 Å². The van der Waals surface area contributed by atoms with Gasteiger partial charge in [0.1, 0.15) is 0 Å². The number of aliphatic imine (C=N–C) groups is 1. The lowest BCUT2D eigenvalue weighted by molar-refractivity contribution is -0.112. The topological polar surface area (TPSA) is 29.4 Å². The number of hydrogen-bond acceptors (Lipinski definition) is 2. The smallest absolute Gasteiger partial charge is 0.154 e. The zero-order valence-corrected chi connectivity index (χ0v) is 5.14. The molecule has 0 aliphatic rings. The third-order valence-electron chi connectivity index (χ3n) is 0.662. The van der Waals surface area contributed by atoms with Gasteiger partial charge in [-0.3, -0.25) is 9.79 Å². The van der Waals surface area contributed by atoms with Crippen LogP contribution in [-0.2, 0) is 4.79 Å². The molecule has 0 aromatic rings. The zero-order chi connectivity index (χ0) is 6.57. The molecule has 2 heteroatoms. The van der Waals surface area contributed by atoms with Gasteiger partial charge in [0, 0.05) is 11.8 Å². The van der Waals surface area contributed by atoms with E-state index in [0.29, 0.717) is 5.70 Å². The van der Waals surface area contributed by atoms with Crippen LogP contribution in [0.25, 0.3) is 0 Å². The van der Waals surface area contributed by atoms with Crippen molar-refractivity contribution in [3.05, 3.63) is 11.8 Å². The fraction of sp³-hybridized carbons (Fsp3) is 0.333. The molecule has 0 unspecified atom stereocenters. The summed E-state index contributed by atoms with van der Waals surface area (Å²) < 4.78 is 0. The fourth-order valence-electron chi connectivity index (χ4n) is 0.340. The predicted octanol–water partition coefficient (Wildman–Crippen LogP) is 1.18. The van der Waals surface area contributed by atoms with Gasteiger partial charge in [-0.1, -0.05) is 0 Å². The maximum atomic E-state index is 10.2. The van der Waals surface area contributed by atoms with Crippen molar-refractivity contribution in [2.45, 2.75) is 13.8 Å². The normalized spacial score (nSPS) is 11.0. The quantitative estimate of drug-likeness (QED) is 0.388.